The molecule has 0 spiro atoms. The first-order valence-electron chi connectivity index (χ1n) is 7.24. The molecule has 21 heavy (non-hydrogen) atoms. The van der Waals surface area contributed by atoms with Crippen LogP contribution in [0.5, 0.6) is 0 Å². The summed E-state index contributed by atoms with van der Waals surface area (Å²) in [6, 6.07) is 7.81. The fraction of sp³-hybridized carbons (Fsp3) is 0.500. The predicted octanol–water partition coefficient (Wildman–Crippen LogP) is 0.732. The molecule has 114 valence electrons. The van der Waals surface area contributed by atoms with Crippen LogP contribution in [-0.4, -0.2) is 29.9 Å². The average molecular weight is 289 g/mol. The van der Waals surface area contributed by atoms with Gasteiger partial charge in [0.1, 0.15) is 0 Å². The number of carbonyl (C=O) groups is 2. The van der Waals surface area contributed by atoms with Crippen LogP contribution in [0, 0.1) is 0 Å². The summed E-state index contributed by atoms with van der Waals surface area (Å²) in [5.41, 5.74) is 2.13. The number of carbonyl (C=O) groups excluding carboxylic acids is 2. The van der Waals surface area contributed by atoms with E-state index in [1.165, 1.54) is 11.1 Å². The Balaban J connectivity index is 1.84. The molecule has 5 nitrogen and oxygen atoms in total. The highest BCUT2D eigenvalue weighted by Gasteiger charge is 2.24. The largest absolute Gasteiger partial charge is 0.350 e. The van der Waals surface area contributed by atoms with Gasteiger partial charge in [0, 0.05) is 12.1 Å². The average Bonchev–Trinajstić information content (AvgIpc) is 2.42. The Hall–Kier alpha value is -1.88. The van der Waals surface area contributed by atoms with Gasteiger partial charge in [-0.05, 0) is 38.3 Å². The lowest BCUT2D eigenvalue weighted by molar-refractivity contribution is -0.128. The van der Waals surface area contributed by atoms with Gasteiger partial charge in [0.15, 0.2) is 0 Å². The third kappa shape index (κ3) is 4.56. The highest BCUT2D eigenvalue weighted by atomic mass is 16.2. The molecule has 5 heteroatoms. The van der Waals surface area contributed by atoms with Gasteiger partial charge >= 0.3 is 0 Å². The van der Waals surface area contributed by atoms with Gasteiger partial charge in [0.25, 0.3) is 0 Å². The van der Waals surface area contributed by atoms with E-state index in [2.05, 4.69) is 22.0 Å². The van der Waals surface area contributed by atoms with Crippen molar-refractivity contribution in [3.8, 4) is 0 Å². The second-order valence-electron chi connectivity index (χ2n) is 6.42. The molecule has 0 radical (unpaired) electrons. The second kappa shape index (κ2) is 6.26. The molecule has 0 aliphatic carbocycles. The zero-order valence-electron chi connectivity index (χ0n) is 12.8. The molecule has 1 aromatic rings. The normalized spacial score (nSPS) is 17.8. The first-order chi connectivity index (χ1) is 9.85. The summed E-state index contributed by atoms with van der Waals surface area (Å²) >= 11 is 0. The van der Waals surface area contributed by atoms with E-state index in [4.69, 9.17) is 0 Å². The standard InChI is InChI=1S/C16H23N3O2/c1-16(2,3)19-14(20)10-18-15(21)13-8-11-6-4-5-7-12(11)9-17-13/h4-7,13,17H,8-10H2,1-3H3,(H,18,21)(H,19,20)/t13-/m0/s1. The first kappa shape index (κ1) is 15.5. The Labute approximate surface area is 125 Å². The van der Waals surface area contributed by atoms with Crippen LogP contribution in [-0.2, 0) is 22.6 Å². The van der Waals surface area contributed by atoms with Gasteiger partial charge < -0.3 is 16.0 Å². The number of fused-ring (bicyclic) bond motifs is 1. The molecule has 0 unspecified atom stereocenters. The third-order valence-electron chi connectivity index (χ3n) is 3.34. The maximum atomic E-state index is 12.1. The molecule has 1 atom stereocenters. The van der Waals surface area contributed by atoms with Crippen LogP contribution in [0.1, 0.15) is 31.9 Å². The Morgan fingerprint density at radius 3 is 2.57 bits per heavy atom. The van der Waals surface area contributed by atoms with Crippen molar-refractivity contribution < 1.29 is 9.59 Å². The van der Waals surface area contributed by atoms with E-state index in [0.717, 1.165) is 0 Å². The Morgan fingerprint density at radius 1 is 1.24 bits per heavy atom. The lowest BCUT2D eigenvalue weighted by Crippen LogP contribution is -2.51. The van der Waals surface area contributed by atoms with Crippen LogP contribution in [0.15, 0.2) is 24.3 Å². The van der Waals surface area contributed by atoms with E-state index >= 15 is 0 Å². The lowest BCUT2D eigenvalue weighted by atomic mass is 9.95. The van der Waals surface area contributed by atoms with Crippen molar-refractivity contribution in [2.24, 2.45) is 0 Å². The highest BCUT2D eigenvalue weighted by Crippen LogP contribution is 2.16. The number of benzene rings is 1. The second-order valence-corrected chi connectivity index (χ2v) is 6.42. The summed E-state index contributed by atoms with van der Waals surface area (Å²) in [6.07, 6.45) is 0.656. The topological polar surface area (TPSA) is 70.2 Å². The molecule has 1 aliphatic heterocycles. The smallest absolute Gasteiger partial charge is 0.239 e. The van der Waals surface area contributed by atoms with E-state index in [1.807, 2.05) is 39.0 Å². The summed E-state index contributed by atoms with van der Waals surface area (Å²) in [5.74, 6) is -0.305. The van der Waals surface area contributed by atoms with Crippen LogP contribution in [0.2, 0.25) is 0 Å². The number of hydrogen-bond donors (Lipinski definition) is 3. The van der Waals surface area contributed by atoms with E-state index in [0.29, 0.717) is 13.0 Å². The molecule has 0 aromatic heterocycles. The molecule has 0 bridgehead atoms. The fourth-order valence-corrected chi connectivity index (χ4v) is 2.39. The molecule has 0 fully saturated rings. The van der Waals surface area contributed by atoms with Gasteiger partial charge in [-0.1, -0.05) is 24.3 Å². The van der Waals surface area contributed by atoms with Gasteiger partial charge in [-0.2, -0.15) is 0 Å². The molecular weight excluding hydrogens is 266 g/mol. The first-order valence-corrected chi connectivity index (χ1v) is 7.24. The summed E-state index contributed by atoms with van der Waals surface area (Å²) in [4.78, 5) is 23.8. The molecular formula is C16H23N3O2. The van der Waals surface area contributed by atoms with Crippen LogP contribution in [0.4, 0.5) is 0 Å². The van der Waals surface area contributed by atoms with Crippen molar-refractivity contribution in [3.05, 3.63) is 35.4 Å². The maximum absolute atomic E-state index is 12.1. The van der Waals surface area contributed by atoms with Gasteiger partial charge in [-0.25, -0.2) is 0 Å². The predicted molar refractivity (Wildman–Crippen MR) is 81.7 cm³/mol. The van der Waals surface area contributed by atoms with E-state index < -0.39 is 0 Å². The van der Waals surface area contributed by atoms with Gasteiger partial charge in [0.05, 0.1) is 12.6 Å². The van der Waals surface area contributed by atoms with Crippen molar-refractivity contribution >= 4 is 11.8 Å². The molecule has 3 N–H and O–H groups in total. The maximum Gasteiger partial charge on any atom is 0.239 e. The van der Waals surface area contributed by atoms with Crippen molar-refractivity contribution in [2.45, 2.75) is 45.3 Å². The monoisotopic (exact) mass is 289 g/mol. The minimum Gasteiger partial charge on any atom is -0.350 e. The minimum absolute atomic E-state index is 0.00985. The molecule has 1 aromatic carbocycles. The zero-order chi connectivity index (χ0) is 15.5. The zero-order valence-corrected chi connectivity index (χ0v) is 12.8. The Bertz CT molecular complexity index is 535. The molecule has 1 aliphatic rings. The molecule has 2 amide bonds. The molecule has 0 saturated heterocycles. The van der Waals surface area contributed by atoms with Gasteiger partial charge in [-0.15, -0.1) is 0 Å². The summed E-state index contributed by atoms with van der Waals surface area (Å²) < 4.78 is 0. The molecule has 0 saturated carbocycles. The number of nitrogens with one attached hydrogen (secondary N) is 3. The summed E-state index contributed by atoms with van der Waals surface area (Å²) in [6.45, 7) is 6.42. The molecule has 1 heterocycles. The minimum atomic E-state index is -0.288. The van der Waals surface area contributed by atoms with Crippen LogP contribution in [0.3, 0.4) is 0 Å². The Morgan fingerprint density at radius 2 is 1.90 bits per heavy atom. The Kier molecular flexibility index (Phi) is 4.63. The van der Waals surface area contributed by atoms with Crippen molar-refractivity contribution in [1.29, 1.82) is 0 Å². The third-order valence-corrected chi connectivity index (χ3v) is 3.34. The number of amides is 2. The van der Waals surface area contributed by atoms with Crippen molar-refractivity contribution in [1.82, 2.24) is 16.0 Å². The van der Waals surface area contributed by atoms with Crippen LogP contribution in [0.25, 0.3) is 0 Å². The van der Waals surface area contributed by atoms with Gasteiger partial charge in [0.2, 0.25) is 11.8 Å². The SMILES string of the molecule is CC(C)(C)NC(=O)CNC(=O)[C@@H]1Cc2ccccc2CN1. The summed E-state index contributed by atoms with van der Waals surface area (Å²) in [7, 11) is 0. The van der Waals surface area contributed by atoms with Crippen molar-refractivity contribution in [2.75, 3.05) is 6.54 Å². The van der Waals surface area contributed by atoms with Crippen LogP contribution >= 0.6 is 0 Å². The van der Waals surface area contributed by atoms with E-state index in [-0.39, 0.29) is 29.9 Å². The quantitative estimate of drug-likeness (QED) is 0.768. The summed E-state index contributed by atoms with van der Waals surface area (Å²) in [5, 5.41) is 8.71. The van der Waals surface area contributed by atoms with E-state index in [1.54, 1.807) is 0 Å². The molecule has 2 rings (SSSR count). The van der Waals surface area contributed by atoms with Gasteiger partial charge in [-0.3, -0.25) is 9.59 Å². The fourth-order valence-electron chi connectivity index (χ4n) is 2.39. The van der Waals surface area contributed by atoms with Crippen LogP contribution < -0.4 is 16.0 Å². The van der Waals surface area contributed by atoms with Crippen molar-refractivity contribution in [3.63, 3.8) is 0 Å². The number of hydrogen-bond acceptors (Lipinski definition) is 3. The highest BCUT2D eigenvalue weighted by molar-refractivity contribution is 5.88. The lowest BCUT2D eigenvalue weighted by Gasteiger charge is -2.25. The van der Waals surface area contributed by atoms with E-state index in [9.17, 15) is 9.59 Å². The number of rotatable bonds is 3.